The van der Waals surface area contributed by atoms with Crippen molar-refractivity contribution >= 4 is 11.3 Å². The molecule has 2 aromatic rings. The van der Waals surface area contributed by atoms with Crippen molar-refractivity contribution in [2.45, 2.75) is 26.0 Å². The van der Waals surface area contributed by atoms with Crippen molar-refractivity contribution in [2.24, 2.45) is 0 Å². The number of thiazole rings is 1. The normalized spacial score (nSPS) is 14.3. The molecule has 0 radical (unpaired) electrons. The molecule has 0 saturated heterocycles. The summed E-state index contributed by atoms with van der Waals surface area (Å²) in [5.74, 6) is -0.300. The van der Waals surface area contributed by atoms with Gasteiger partial charge in [0.05, 0.1) is 5.60 Å². The van der Waals surface area contributed by atoms with E-state index in [4.69, 9.17) is 0 Å². The summed E-state index contributed by atoms with van der Waals surface area (Å²) in [5, 5.41) is 16.5. The molecule has 102 valence electrons. The van der Waals surface area contributed by atoms with Crippen LogP contribution in [0.1, 0.15) is 23.2 Å². The summed E-state index contributed by atoms with van der Waals surface area (Å²) in [6.07, 6.45) is 0. The molecule has 0 aliphatic heterocycles. The number of aromatic nitrogens is 1. The minimum absolute atomic E-state index is 0.300. The van der Waals surface area contributed by atoms with Crippen LogP contribution in [0.3, 0.4) is 0 Å². The molecule has 0 amide bonds. The first kappa shape index (κ1) is 14.1. The zero-order chi connectivity index (χ0) is 13.9. The Labute approximate surface area is 116 Å². The maximum Gasteiger partial charge on any atom is 0.123 e. The Hall–Kier alpha value is -1.30. The van der Waals surface area contributed by atoms with Gasteiger partial charge in [0.25, 0.3) is 0 Å². The summed E-state index contributed by atoms with van der Waals surface area (Å²) in [4.78, 5) is 4.34. The summed E-state index contributed by atoms with van der Waals surface area (Å²) < 4.78 is 12.8. The molecule has 3 nitrogen and oxygen atoms in total. The molecule has 5 heteroatoms. The molecule has 0 bridgehead atoms. The highest BCUT2D eigenvalue weighted by Crippen LogP contribution is 2.20. The zero-order valence-electron chi connectivity index (χ0n) is 11.0. The lowest BCUT2D eigenvalue weighted by atomic mass is 9.96. The average molecular weight is 280 g/mol. The van der Waals surface area contributed by atoms with Gasteiger partial charge in [0.1, 0.15) is 10.8 Å². The van der Waals surface area contributed by atoms with Crippen molar-refractivity contribution < 1.29 is 9.50 Å². The molecule has 2 N–H and O–H groups in total. The number of benzene rings is 1. The second-order valence-electron chi connectivity index (χ2n) is 4.77. The molecule has 0 saturated carbocycles. The fourth-order valence-corrected chi connectivity index (χ4v) is 2.55. The van der Waals surface area contributed by atoms with Crippen molar-refractivity contribution in [3.8, 4) is 0 Å². The van der Waals surface area contributed by atoms with Crippen molar-refractivity contribution in [3.05, 3.63) is 51.7 Å². The molecule has 2 rings (SSSR count). The number of hydrogen-bond donors (Lipinski definition) is 2. The summed E-state index contributed by atoms with van der Waals surface area (Å²) in [5.41, 5.74) is 0.670. The first-order valence-electron chi connectivity index (χ1n) is 6.07. The smallest absolute Gasteiger partial charge is 0.123 e. The molecule has 0 fully saturated rings. The van der Waals surface area contributed by atoms with E-state index >= 15 is 0 Å². The van der Waals surface area contributed by atoms with Gasteiger partial charge in [-0.1, -0.05) is 12.1 Å². The number of aliphatic hydroxyl groups is 1. The summed E-state index contributed by atoms with van der Waals surface area (Å²) in [7, 11) is 0. The molecule has 1 aromatic carbocycles. The third-order valence-electron chi connectivity index (χ3n) is 2.88. The number of aryl methyl sites for hydroxylation is 1. The number of hydrogen-bond acceptors (Lipinski definition) is 4. The van der Waals surface area contributed by atoms with E-state index in [-0.39, 0.29) is 5.82 Å². The van der Waals surface area contributed by atoms with Gasteiger partial charge in [-0.2, -0.15) is 0 Å². The van der Waals surface area contributed by atoms with Gasteiger partial charge in [-0.05, 0) is 31.5 Å². The predicted molar refractivity (Wildman–Crippen MR) is 74.5 cm³/mol. The van der Waals surface area contributed by atoms with Gasteiger partial charge in [-0.25, -0.2) is 9.37 Å². The fraction of sp³-hybridized carbons (Fsp3) is 0.357. The molecular formula is C14H17FN2OS. The molecule has 1 heterocycles. The van der Waals surface area contributed by atoms with Gasteiger partial charge in [0.2, 0.25) is 0 Å². The molecule has 0 aliphatic carbocycles. The third-order valence-corrected chi connectivity index (χ3v) is 3.84. The Balaban J connectivity index is 1.92. The van der Waals surface area contributed by atoms with E-state index in [0.29, 0.717) is 18.7 Å². The third kappa shape index (κ3) is 3.83. The van der Waals surface area contributed by atoms with Crippen molar-refractivity contribution in [3.63, 3.8) is 0 Å². The van der Waals surface area contributed by atoms with Gasteiger partial charge < -0.3 is 10.4 Å². The highest BCUT2D eigenvalue weighted by atomic mass is 32.1. The van der Waals surface area contributed by atoms with Crippen LogP contribution in [0.15, 0.2) is 29.6 Å². The van der Waals surface area contributed by atoms with Gasteiger partial charge in [-0.15, -0.1) is 11.3 Å². The lowest BCUT2D eigenvalue weighted by Crippen LogP contribution is -2.35. The van der Waals surface area contributed by atoms with Crippen LogP contribution in [0.4, 0.5) is 4.39 Å². The SMILES string of the molecule is Cc1csc(CNCC(C)(O)c2ccc(F)cc2)n1. The van der Waals surface area contributed by atoms with E-state index in [1.807, 2.05) is 12.3 Å². The van der Waals surface area contributed by atoms with E-state index in [2.05, 4.69) is 10.3 Å². The Morgan fingerprint density at radius 3 is 2.63 bits per heavy atom. The Morgan fingerprint density at radius 1 is 1.37 bits per heavy atom. The van der Waals surface area contributed by atoms with E-state index < -0.39 is 5.60 Å². The van der Waals surface area contributed by atoms with Gasteiger partial charge in [0, 0.05) is 24.2 Å². The van der Waals surface area contributed by atoms with Crippen molar-refractivity contribution in [1.82, 2.24) is 10.3 Å². The Morgan fingerprint density at radius 2 is 2.05 bits per heavy atom. The van der Waals surface area contributed by atoms with Crippen molar-refractivity contribution in [2.75, 3.05) is 6.54 Å². The van der Waals surface area contributed by atoms with E-state index in [1.165, 1.54) is 12.1 Å². The second-order valence-corrected chi connectivity index (χ2v) is 5.71. The Bertz CT molecular complexity index is 537. The topological polar surface area (TPSA) is 45.1 Å². The molecule has 1 atom stereocenters. The fourth-order valence-electron chi connectivity index (χ4n) is 1.81. The maximum absolute atomic E-state index is 12.8. The van der Waals surface area contributed by atoms with Crippen LogP contribution in [-0.2, 0) is 12.1 Å². The number of nitrogens with zero attached hydrogens (tertiary/aromatic N) is 1. The summed E-state index contributed by atoms with van der Waals surface area (Å²) in [6.45, 7) is 4.67. The monoisotopic (exact) mass is 280 g/mol. The average Bonchev–Trinajstić information content (AvgIpc) is 2.75. The standard InChI is InChI=1S/C14H17FN2OS/c1-10-8-19-13(17-10)7-16-9-14(2,18)11-3-5-12(15)6-4-11/h3-6,8,16,18H,7,9H2,1-2H3. The van der Waals surface area contributed by atoms with E-state index in [1.54, 1.807) is 30.4 Å². The van der Waals surface area contributed by atoms with Crippen LogP contribution < -0.4 is 5.32 Å². The highest BCUT2D eigenvalue weighted by Gasteiger charge is 2.22. The highest BCUT2D eigenvalue weighted by molar-refractivity contribution is 7.09. The second kappa shape index (κ2) is 5.77. The molecule has 1 aromatic heterocycles. The van der Waals surface area contributed by atoms with Crippen LogP contribution in [0, 0.1) is 12.7 Å². The van der Waals surface area contributed by atoms with E-state index in [0.717, 1.165) is 10.7 Å². The number of nitrogens with one attached hydrogen (secondary N) is 1. The van der Waals surface area contributed by atoms with Crippen LogP contribution in [0.25, 0.3) is 0 Å². The largest absolute Gasteiger partial charge is 0.384 e. The van der Waals surface area contributed by atoms with Crippen LogP contribution in [0.2, 0.25) is 0 Å². The van der Waals surface area contributed by atoms with Crippen LogP contribution in [0.5, 0.6) is 0 Å². The van der Waals surface area contributed by atoms with Crippen molar-refractivity contribution in [1.29, 1.82) is 0 Å². The molecule has 0 aliphatic rings. The quantitative estimate of drug-likeness (QED) is 0.885. The van der Waals surface area contributed by atoms with E-state index in [9.17, 15) is 9.50 Å². The lowest BCUT2D eigenvalue weighted by Gasteiger charge is -2.24. The molecule has 0 spiro atoms. The summed E-state index contributed by atoms with van der Waals surface area (Å²) in [6, 6.07) is 5.91. The van der Waals surface area contributed by atoms with Gasteiger partial charge in [-0.3, -0.25) is 0 Å². The predicted octanol–water partition coefficient (Wildman–Crippen LogP) is 2.59. The lowest BCUT2D eigenvalue weighted by molar-refractivity contribution is 0.0566. The number of halogens is 1. The maximum atomic E-state index is 12.8. The molecule has 19 heavy (non-hydrogen) atoms. The Kier molecular flexibility index (Phi) is 4.29. The summed E-state index contributed by atoms with van der Waals surface area (Å²) >= 11 is 1.59. The first-order valence-corrected chi connectivity index (χ1v) is 6.95. The minimum Gasteiger partial charge on any atom is -0.384 e. The number of rotatable bonds is 5. The minimum atomic E-state index is -1.03. The molecule has 1 unspecified atom stereocenters. The zero-order valence-corrected chi connectivity index (χ0v) is 11.8. The van der Waals surface area contributed by atoms with Crippen LogP contribution >= 0.6 is 11.3 Å². The van der Waals surface area contributed by atoms with Gasteiger partial charge >= 0.3 is 0 Å². The van der Waals surface area contributed by atoms with Crippen LogP contribution in [-0.4, -0.2) is 16.6 Å². The van der Waals surface area contributed by atoms with Gasteiger partial charge in [0.15, 0.2) is 0 Å². The molecular weight excluding hydrogens is 263 g/mol. The first-order chi connectivity index (χ1) is 8.97.